The van der Waals surface area contributed by atoms with E-state index < -0.39 is 0 Å². The van der Waals surface area contributed by atoms with Crippen molar-refractivity contribution in [1.82, 2.24) is 4.90 Å². The number of methoxy groups -OCH3 is 1. The lowest BCUT2D eigenvalue weighted by molar-refractivity contribution is -0.132. The van der Waals surface area contributed by atoms with Crippen LogP contribution in [0.5, 0.6) is 5.75 Å². The number of carbonyl (C=O) groups is 1. The zero-order chi connectivity index (χ0) is 13.0. The largest absolute Gasteiger partial charge is 0.508 e. The molecule has 1 aliphatic heterocycles. The minimum absolute atomic E-state index is 0.168. The lowest BCUT2D eigenvalue weighted by atomic mass is 9.99. The molecule has 1 amide bonds. The van der Waals surface area contributed by atoms with Gasteiger partial charge in [-0.15, -0.1) is 0 Å². The number of phenols is 1. The van der Waals surface area contributed by atoms with Gasteiger partial charge < -0.3 is 14.7 Å². The molecule has 0 atom stereocenters. The molecule has 4 heteroatoms. The molecular weight excluding hydrogens is 230 g/mol. The Labute approximate surface area is 107 Å². The number of hydrogen-bond acceptors (Lipinski definition) is 3. The van der Waals surface area contributed by atoms with Crippen LogP contribution in [0.15, 0.2) is 18.2 Å². The fourth-order valence-electron chi connectivity index (χ4n) is 2.28. The highest BCUT2D eigenvalue weighted by Crippen LogP contribution is 2.23. The summed E-state index contributed by atoms with van der Waals surface area (Å²) in [5, 5.41) is 9.47. The highest BCUT2D eigenvalue weighted by atomic mass is 16.5. The third-order valence-corrected chi connectivity index (χ3v) is 3.29. The standard InChI is InChI=1S/C14H19NO3/c1-18-8-2-3-14(17)15-7-6-11-4-5-13(16)9-12(11)10-15/h4-5,9,16H,2-3,6-8,10H2,1H3. The second-order valence-electron chi connectivity index (χ2n) is 4.61. The Morgan fingerprint density at radius 2 is 2.28 bits per heavy atom. The average Bonchev–Trinajstić information content (AvgIpc) is 2.38. The van der Waals surface area contributed by atoms with Crippen LogP contribution in [0.1, 0.15) is 24.0 Å². The zero-order valence-electron chi connectivity index (χ0n) is 10.7. The van der Waals surface area contributed by atoms with Gasteiger partial charge in [-0.25, -0.2) is 0 Å². The van der Waals surface area contributed by atoms with E-state index in [9.17, 15) is 9.90 Å². The molecule has 0 saturated heterocycles. The first-order chi connectivity index (χ1) is 8.70. The van der Waals surface area contributed by atoms with Crippen LogP contribution in [-0.4, -0.2) is 36.2 Å². The summed E-state index contributed by atoms with van der Waals surface area (Å²) in [7, 11) is 1.64. The van der Waals surface area contributed by atoms with Gasteiger partial charge in [-0.1, -0.05) is 6.07 Å². The number of fused-ring (bicyclic) bond motifs is 1. The molecule has 0 spiro atoms. The van der Waals surface area contributed by atoms with Crippen LogP contribution in [0.25, 0.3) is 0 Å². The maximum atomic E-state index is 12.0. The Balaban J connectivity index is 1.96. The van der Waals surface area contributed by atoms with Crippen molar-refractivity contribution < 1.29 is 14.6 Å². The van der Waals surface area contributed by atoms with Gasteiger partial charge >= 0.3 is 0 Å². The first-order valence-corrected chi connectivity index (χ1v) is 6.28. The predicted octanol–water partition coefficient (Wildman–Crippen LogP) is 1.70. The lowest BCUT2D eigenvalue weighted by Gasteiger charge is -2.29. The molecule has 0 unspecified atom stereocenters. The quantitative estimate of drug-likeness (QED) is 0.826. The molecule has 0 aromatic heterocycles. The van der Waals surface area contributed by atoms with E-state index in [2.05, 4.69) is 0 Å². The van der Waals surface area contributed by atoms with Gasteiger partial charge in [0.15, 0.2) is 0 Å². The number of amides is 1. The Hall–Kier alpha value is -1.55. The summed E-state index contributed by atoms with van der Waals surface area (Å²) in [4.78, 5) is 13.8. The van der Waals surface area contributed by atoms with Crippen LogP contribution in [0, 0.1) is 0 Å². The smallest absolute Gasteiger partial charge is 0.222 e. The van der Waals surface area contributed by atoms with E-state index in [-0.39, 0.29) is 11.7 Å². The summed E-state index contributed by atoms with van der Waals surface area (Å²) < 4.78 is 4.95. The van der Waals surface area contributed by atoms with Gasteiger partial charge in [-0.2, -0.15) is 0 Å². The molecule has 4 nitrogen and oxygen atoms in total. The number of hydrogen-bond donors (Lipinski definition) is 1. The van der Waals surface area contributed by atoms with E-state index in [1.807, 2.05) is 11.0 Å². The van der Waals surface area contributed by atoms with Crippen molar-refractivity contribution in [2.24, 2.45) is 0 Å². The third kappa shape index (κ3) is 3.01. The molecule has 1 aromatic rings. The van der Waals surface area contributed by atoms with E-state index in [1.165, 1.54) is 5.56 Å². The van der Waals surface area contributed by atoms with Gasteiger partial charge in [0.05, 0.1) is 0 Å². The number of phenolic OH excluding ortho intramolecular Hbond substituents is 1. The number of carbonyl (C=O) groups excluding carboxylic acids is 1. The lowest BCUT2D eigenvalue weighted by Crippen LogP contribution is -2.35. The zero-order valence-corrected chi connectivity index (χ0v) is 10.7. The van der Waals surface area contributed by atoms with Gasteiger partial charge in [0, 0.05) is 33.2 Å². The third-order valence-electron chi connectivity index (χ3n) is 3.29. The number of nitrogens with zero attached hydrogens (tertiary/aromatic N) is 1. The molecule has 0 fully saturated rings. The minimum Gasteiger partial charge on any atom is -0.508 e. The summed E-state index contributed by atoms with van der Waals surface area (Å²) >= 11 is 0. The Morgan fingerprint density at radius 3 is 3.06 bits per heavy atom. The first kappa shape index (κ1) is 12.9. The Morgan fingerprint density at radius 1 is 1.44 bits per heavy atom. The van der Waals surface area contributed by atoms with Crippen LogP contribution in [0.3, 0.4) is 0 Å². The topological polar surface area (TPSA) is 49.8 Å². The first-order valence-electron chi connectivity index (χ1n) is 6.28. The van der Waals surface area contributed by atoms with Crippen molar-refractivity contribution in [1.29, 1.82) is 0 Å². The van der Waals surface area contributed by atoms with Gasteiger partial charge in [0.25, 0.3) is 0 Å². The van der Waals surface area contributed by atoms with E-state index in [0.717, 1.165) is 24.9 Å². The molecule has 1 heterocycles. The van der Waals surface area contributed by atoms with Crippen molar-refractivity contribution in [2.45, 2.75) is 25.8 Å². The molecule has 2 rings (SSSR count). The van der Waals surface area contributed by atoms with E-state index in [4.69, 9.17) is 4.74 Å². The number of benzene rings is 1. The molecule has 0 radical (unpaired) electrons. The molecule has 0 aliphatic carbocycles. The van der Waals surface area contributed by atoms with Crippen molar-refractivity contribution in [3.05, 3.63) is 29.3 Å². The van der Waals surface area contributed by atoms with Gasteiger partial charge in [-0.3, -0.25) is 4.79 Å². The molecule has 1 N–H and O–H groups in total. The van der Waals surface area contributed by atoms with Crippen molar-refractivity contribution in [3.63, 3.8) is 0 Å². The Kier molecular flexibility index (Phi) is 4.20. The van der Waals surface area contributed by atoms with Crippen LogP contribution in [0.4, 0.5) is 0 Å². The molecule has 18 heavy (non-hydrogen) atoms. The molecule has 0 saturated carbocycles. The average molecular weight is 249 g/mol. The fourth-order valence-corrected chi connectivity index (χ4v) is 2.28. The molecular formula is C14H19NO3. The van der Waals surface area contributed by atoms with Crippen molar-refractivity contribution >= 4 is 5.91 Å². The molecule has 1 aliphatic rings. The highest BCUT2D eigenvalue weighted by molar-refractivity contribution is 5.76. The monoisotopic (exact) mass is 249 g/mol. The molecule has 1 aromatic carbocycles. The van der Waals surface area contributed by atoms with Crippen molar-refractivity contribution in [2.75, 3.05) is 20.3 Å². The number of rotatable bonds is 4. The predicted molar refractivity (Wildman–Crippen MR) is 68.3 cm³/mol. The van der Waals surface area contributed by atoms with Crippen molar-refractivity contribution in [3.8, 4) is 5.75 Å². The number of ether oxygens (including phenoxy) is 1. The van der Waals surface area contributed by atoms with Crippen LogP contribution in [-0.2, 0) is 22.5 Å². The summed E-state index contributed by atoms with van der Waals surface area (Å²) in [6.07, 6.45) is 2.16. The maximum absolute atomic E-state index is 12.0. The van der Waals surface area contributed by atoms with Crippen LogP contribution < -0.4 is 0 Å². The van der Waals surface area contributed by atoms with Gasteiger partial charge in [0.1, 0.15) is 5.75 Å². The van der Waals surface area contributed by atoms with Gasteiger partial charge in [0.2, 0.25) is 5.91 Å². The summed E-state index contributed by atoms with van der Waals surface area (Å²) in [6, 6.07) is 5.40. The summed E-state index contributed by atoms with van der Waals surface area (Å²) in [6.45, 7) is 2.00. The van der Waals surface area contributed by atoms with Crippen LogP contribution in [0.2, 0.25) is 0 Å². The summed E-state index contributed by atoms with van der Waals surface area (Å²) in [5.41, 5.74) is 2.29. The van der Waals surface area contributed by atoms with E-state index in [0.29, 0.717) is 19.6 Å². The van der Waals surface area contributed by atoms with E-state index >= 15 is 0 Å². The maximum Gasteiger partial charge on any atom is 0.222 e. The second kappa shape index (κ2) is 5.87. The molecule has 0 bridgehead atoms. The van der Waals surface area contributed by atoms with E-state index in [1.54, 1.807) is 19.2 Å². The highest BCUT2D eigenvalue weighted by Gasteiger charge is 2.20. The summed E-state index contributed by atoms with van der Waals surface area (Å²) in [5.74, 6) is 0.434. The Bertz CT molecular complexity index is 431. The molecule has 98 valence electrons. The second-order valence-corrected chi connectivity index (χ2v) is 4.61. The SMILES string of the molecule is COCCCC(=O)N1CCc2ccc(O)cc2C1. The van der Waals surface area contributed by atoms with Crippen LogP contribution >= 0.6 is 0 Å². The minimum atomic E-state index is 0.168. The fraction of sp³-hybridized carbons (Fsp3) is 0.500. The van der Waals surface area contributed by atoms with Gasteiger partial charge in [-0.05, 0) is 36.1 Å². The number of aromatic hydroxyl groups is 1. The normalized spacial score (nSPS) is 14.4.